The lowest BCUT2D eigenvalue weighted by atomic mass is 10.00. The first-order valence-corrected chi connectivity index (χ1v) is 14.2. The third kappa shape index (κ3) is 6.23. The Balaban J connectivity index is 1.26. The Morgan fingerprint density at radius 3 is 2.38 bits per heavy atom. The Labute approximate surface area is 249 Å². The summed E-state index contributed by atoms with van der Waals surface area (Å²) in [4.78, 5) is 41.4. The smallest absolute Gasteiger partial charge is 0.294 e. The summed E-state index contributed by atoms with van der Waals surface area (Å²) in [5, 5.41) is 0.895. The van der Waals surface area contributed by atoms with E-state index in [1.165, 1.54) is 11.6 Å². The number of thioether (sulfide) groups is 1. The Kier molecular flexibility index (Phi) is 8.45. The molecule has 1 saturated heterocycles. The molecule has 39 heavy (non-hydrogen) atoms. The van der Waals surface area contributed by atoms with Crippen LogP contribution < -0.4 is 4.74 Å². The Morgan fingerprint density at radius 1 is 0.949 bits per heavy atom. The molecule has 3 aromatic rings. The lowest BCUT2D eigenvalue weighted by molar-refractivity contribution is -0.136. The number of hydrogen-bond donors (Lipinski definition) is 0. The van der Waals surface area contributed by atoms with Gasteiger partial charge in [0.05, 0.1) is 15.0 Å². The van der Waals surface area contributed by atoms with E-state index >= 15 is 0 Å². The van der Waals surface area contributed by atoms with Gasteiger partial charge in [-0.05, 0) is 65.2 Å². The molecule has 0 N–H and O–H groups in total. The van der Waals surface area contributed by atoms with Crippen LogP contribution in [0.4, 0.5) is 4.79 Å². The molecule has 0 aromatic heterocycles. The van der Waals surface area contributed by atoms with Crippen LogP contribution in [0.25, 0.3) is 6.08 Å². The summed E-state index contributed by atoms with van der Waals surface area (Å²) in [5.74, 6) is -0.564. The van der Waals surface area contributed by atoms with Crippen molar-refractivity contribution in [1.29, 1.82) is 0 Å². The summed E-state index contributed by atoms with van der Waals surface area (Å²) in [7, 11) is 0. The van der Waals surface area contributed by atoms with Crippen molar-refractivity contribution in [3.8, 4) is 5.75 Å². The Bertz CT molecular complexity index is 1500. The van der Waals surface area contributed by atoms with E-state index in [-0.39, 0.29) is 39.8 Å². The highest BCUT2D eigenvalue weighted by Gasteiger charge is 2.37. The number of ether oxygens (including phenoxy) is 1. The molecule has 2 heterocycles. The van der Waals surface area contributed by atoms with Crippen LogP contribution in [0.2, 0.25) is 20.1 Å². The van der Waals surface area contributed by atoms with Gasteiger partial charge in [0.25, 0.3) is 11.1 Å². The number of imide groups is 1. The predicted molar refractivity (Wildman–Crippen MR) is 155 cm³/mol. The van der Waals surface area contributed by atoms with Crippen LogP contribution in [0.5, 0.6) is 5.75 Å². The third-order valence-corrected chi connectivity index (χ3v) is 8.41. The fourth-order valence-corrected chi connectivity index (χ4v) is 6.24. The molecule has 0 atom stereocenters. The maximum Gasteiger partial charge on any atom is 0.294 e. The highest BCUT2D eigenvalue weighted by atomic mass is 35.5. The lowest BCUT2D eigenvalue weighted by Crippen LogP contribution is -2.44. The number of rotatable bonds is 6. The van der Waals surface area contributed by atoms with Crippen molar-refractivity contribution in [3.05, 3.63) is 102 Å². The zero-order chi connectivity index (χ0) is 27.7. The first-order chi connectivity index (χ1) is 18.7. The molecule has 3 aromatic carbocycles. The molecule has 0 bridgehead atoms. The minimum absolute atomic E-state index is 0.115. The SMILES string of the molecule is O=C(CN1C(=O)S/C(=C\c2cc(Cl)c(OCc3ccc(Cl)cc3Cl)c(Cl)c2)C1=O)N1CCc2ccccc2C1. The number of nitrogens with zero attached hydrogens (tertiary/aromatic N) is 2. The van der Waals surface area contributed by atoms with Crippen molar-refractivity contribution in [1.82, 2.24) is 9.80 Å². The topological polar surface area (TPSA) is 66.9 Å². The average molecular weight is 622 g/mol. The third-order valence-electron chi connectivity index (χ3n) is 6.36. The van der Waals surface area contributed by atoms with Gasteiger partial charge < -0.3 is 9.64 Å². The maximum absolute atomic E-state index is 13.0. The molecule has 6 nitrogen and oxygen atoms in total. The number of hydrogen-bond acceptors (Lipinski definition) is 5. The zero-order valence-electron chi connectivity index (χ0n) is 20.3. The van der Waals surface area contributed by atoms with Crippen LogP contribution in [0.15, 0.2) is 59.5 Å². The molecule has 2 aliphatic rings. The van der Waals surface area contributed by atoms with Crippen LogP contribution in [-0.4, -0.2) is 39.9 Å². The van der Waals surface area contributed by atoms with E-state index in [4.69, 9.17) is 51.1 Å². The maximum atomic E-state index is 13.0. The normalized spacial score (nSPS) is 16.2. The molecule has 1 fully saturated rings. The standard InChI is InChI=1S/C28H20Cl4N2O4S/c29-20-6-5-19(21(30)12-20)15-38-26-22(31)9-16(10-23(26)32)11-24-27(36)34(28(37)39-24)14-25(35)33-8-7-17-3-1-2-4-18(17)13-33/h1-6,9-12H,7-8,13-15H2/b24-11-. The van der Waals surface area contributed by atoms with Gasteiger partial charge in [-0.3, -0.25) is 19.3 Å². The van der Waals surface area contributed by atoms with Gasteiger partial charge in [-0.1, -0.05) is 76.7 Å². The van der Waals surface area contributed by atoms with Crippen molar-refractivity contribution in [2.24, 2.45) is 0 Å². The second-order valence-corrected chi connectivity index (χ2v) is 11.6. The van der Waals surface area contributed by atoms with Crippen LogP contribution in [0.1, 0.15) is 22.3 Å². The lowest BCUT2D eigenvalue weighted by Gasteiger charge is -2.29. The summed E-state index contributed by atoms with van der Waals surface area (Å²) < 4.78 is 5.79. The molecule has 0 aliphatic carbocycles. The first kappa shape index (κ1) is 27.9. The van der Waals surface area contributed by atoms with E-state index in [1.54, 1.807) is 35.2 Å². The first-order valence-electron chi connectivity index (χ1n) is 11.9. The van der Waals surface area contributed by atoms with Gasteiger partial charge in [-0.2, -0.15) is 0 Å². The minimum atomic E-state index is -0.541. The van der Waals surface area contributed by atoms with Crippen molar-refractivity contribution in [2.75, 3.05) is 13.1 Å². The predicted octanol–water partition coefficient (Wildman–Crippen LogP) is 7.50. The molecule has 0 unspecified atom stereocenters. The van der Waals surface area contributed by atoms with Gasteiger partial charge in [-0.15, -0.1) is 0 Å². The summed E-state index contributed by atoms with van der Waals surface area (Å²) in [6.07, 6.45) is 2.25. The molecule has 200 valence electrons. The number of fused-ring (bicyclic) bond motifs is 1. The molecule has 2 aliphatic heterocycles. The largest absolute Gasteiger partial charge is 0.486 e. The highest BCUT2D eigenvalue weighted by Crippen LogP contribution is 2.38. The number of carbonyl (C=O) groups is 3. The second kappa shape index (κ2) is 11.8. The van der Waals surface area contributed by atoms with E-state index in [9.17, 15) is 14.4 Å². The van der Waals surface area contributed by atoms with E-state index in [2.05, 4.69) is 0 Å². The molecule has 5 rings (SSSR count). The molecular weight excluding hydrogens is 602 g/mol. The van der Waals surface area contributed by atoms with Gasteiger partial charge in [0.15, 0.2) is 5.75 Å². The van der Waals surface area contributed by atoms with E-state index < -0.39 is 11.1 Å². The number of carbonyl (C=O) groups excluding carboxylic acids is 3. The van der Waals surface area contributed by atoms with Gasteiger partial charge in [0.2, 0.25) is 5.91 Å². The van der Waals surface area contributed by atoms with Crippen molar-refractivity contribution in [3.63, 3.8) is 0 Å². The van der Waals surface area contributed by atoms with Gasteiger partial charge in [0, 0.05) is 28.7 Å². The van der Waals surface area contributed by atoms with E-state index in [0.29, 0.717) is 34.3 Å². The van der Waals surface area contributed by atoms with Crippen LogP contribution >= 0.6 is 58.2 Å². The Hall–Kier alpha value is -2.68. The van der Waals surface area contributed by atoms with Crippen molar-refractivity contribution in [2.45, 2.75) is 19.6 Å². The molecule has 0 radical (unpaired) electrons. The fourth-order valence-electron chi connectivity index (χ4n) is 4.32. The van der Waals surface area contributed by atoms with Gasteiger partial charge in [-0.25, -0.2) is 0 Å². The number of halogens is 4. The highest BCUT2D eigenvalue weighted by molar-refractivity contribution is 8.18. The molecule has 3 amide bonds. The summed E-state index contributed by atoms with van der Waals surface area (Å²) in [6, 6.07) is 16.1. The van der Waals surface area contributed by atoms with Crippen LogP contribution in [-0.2, 0) is 29.2 Å². The molecular formula is C28H20Cl4N2O4S. The van der Waals surface area contributed by atoms with E-state index in [1.807, 2.05) is 24.3 Å². The monoisotopic (exact) mass is 620 g/mol. The summed E-state index contributed by atoms with van der Waals surface area (Å²) in [5.41, 5.74) is 3.49. The van der Waals surface area contributed by atoms with Crippen molar-refractivity contribution < 1.29 is 19.1 Å². The van der Waals surface area contributed by atoms with Crippen molar-refractivity contribution >= 4 is 81.3 Å². The number of benzene rings is 3. The van der Waals surface area contributed by atoms with Gasteiger partial charge >= 0.3 is 0 Å². The minimum Gasteiger partial charge on any atom is -0.486 e. The van der Waals surface area contributed by atoms with Gasteiger partial charge in [0.1, 0.15) is 13.2 Å². The summed E-state index contributed by atoms with van der Waals surface area (Å²) >= 11 is 25.7. The average Bonchev–Trinajstić information content (AvgIpc) is 3.16. The molecule has 0 saturated carbocycles. The zero-order valence-corrected chi connectivity index (χ0v) is 24.1. The fraction of sp³-hybridized carbons (Fsp3) is 0.179. The second-order valence-electron chi connectivity index (χ2n) is 8.94. The van der Waals surface area contributed by atoms with Crippen LogP contribution in [0, 0.1) is 0 Å². The Morgan fingerprint density at radius 2 is 1.67 bits per heavy atom. The summed E-state index contributed by atoms with van der Waals surface area (Å²) in [6.45, 7) is 0.796. The molecule has 11 heteroatoms. The quantitative estimate of drug-likeness (QED) is 0.267. The number of amides is 3. The van der Waals surface area contributed by atoms with Crippen LogP contribution in [0.3, 0.4) is 0 Å². The molecule has 0 spiro atoms. The van der Waals surface area contributed by atoms with E-state index in [0.717, 1.165) is 28.6 Å².